The molecule has 4 rings (SSSR count). The van der Waals surface area contributed by atoms with E-state index in [0.717, 1.165) is 22.2 Å². The van der Waals surface area contributed by atoms with E-state index in [-0.39, 0.29) is 5.56 Å². The number of rotatable bonds is 1. The molecule has 0 fully saturated rings. The molecule has 98 valence electrons. The SMILES string of the molecule is Cc1nc2c[nH]c(-c3c[nH]c4ccccc34)cn-2c1=O. The van der Waals surface area contributed by atoms with Gasteiger partial charge in [-0.1, -0.05) is 18.2 Å². The van der Waals surface area contributed by atoms with Crippen LogP contribution in [0.5, 0.6) is 0 Å². The van der Waals surface area contributed by atoms with Gasteiger partial charge in [0.05, 0.1) is 5.69 Å². The van der Waals surface area contributed by atoms with Crippen LogP contribution in [0, 0.1) is 6.92 Å². The number of aryl methyl sites for hydroxylation is 1. The molecule has 2 aromatic rings. The number of para-hydroxylation sites is 1. The molecular weight excluding hydrogens is 252 g/mol. The Bertz CT molecular complexity index is 944. The van der Waals surface area contributed by atoms with Gasteiger partial charge in [-0.3, -0.25) is 9.36 Å². The van der Waals surface area contributed by atoms with Crippen molar-refractivity contribution >= 4 is 10.9 Å². The van der Waals surface area contributed by atoms with Crippen LogP contribution < -0.4 is 5.56 Å². The molecule has 2 N–H and O–H groups in total. The quantitative estimate of drug-likeness (QED) is 0.554. The van der Waals surface area contributed by atoms with E-state index in [0.29, 0.717) is 11.5 Å². The number of hydrogen-bond donors (Lipinski definition) is 2. The number of hydrogen-bond acceptors (Lipinski definition) is 2. The Morgan fingerprint density at radius 1 is 1.15 bits per heavy atom. The summed E-state index contributed by atoms with van der Waals surface area (Å²) in [5, 5.41) is 1.12. The molecule has 20 heavy (non-hydrogen) atoms. The summed E-state index contributed by atoms with van der Waals surface area (Å²) in [6.45, 7) is 1.72. The minimum Gasteiger partial charge on any atom is -0.360 e. The largest absolute Gasteiger partial charge is 0.360 e. The van der Waals surface area contributed by atoms with Gasteiger partial charge in [0, 0.05) is 35.1 Å². The third-order valence-corrected chi connectivity index (χ3v) is 3.55. The molecule has 0 amide bonds. The van der Waals surface area contributed by atoms with Gasteiger partial charge < -0.3 is 9.97 Å². The maximum Gasteiger partial charge on any atom is 0.277 e. The molecule has 5 heteroatoms. The first-order valence-corrected chi connectivity index (χ1v) is 6.38. The Kier molecular flexibility index (Phi) is 2.12. The van der Waals surface area contributed by atoms with Crippen molar-refractivity contribution < 1.29 is 0 Å². The number of benzene rings is 1. The van der Waals surface area contributed by atoms with Crippen LogP contribution in [0.4, 0.5) is 0 Å². The number of fused-ring (bicyclic) bond motifs is 2. The van der Waals surface area contributed by atoms with Gasteiger partial charge in [0.1, 0.15) is 5.69 Å². The van der Waals surface area contributed by atoms with Crippen molar-refractivity contribution in [2.75, 3.05) is 0 Å². The zero-order valence-corrected chi connectivity index (χ0v) is 10.8. The Balaban J connectivity index is 2.01. The monoisotopic (exact) mass is 264 g/mol. The normalized spacial score (nSPS) is 11.4. The summed E-state index contributed by atoms with van der Waals surface area (Å²) in [5.41, 5.74) is 3.42. The fraction of sp³-hybridized carbons (Fsp3) is 0.0667. The van der Waals surface area contributed by atoms with Crippen molar-refractivity contribution in [3.8, 4) is 17.1 Å². The average Bonchev–Trinajstić information content (AvgIpc) is 3.01. The fourth-order valence-electron chi connectivity index (χ4n) is 2.53. The van der Waals surface area contributed by atoms with Crippen LogP contribution in [0.3, 0.4) is 0 Å². The smallest absolute Gasteiger partial charge is 0.277 e. The molecule has 0 unspecified atom stereocenters. The second kappa shape index (κ2) is 3.84. The van der Waals surface area contributed by atoms with E-state index < -0.39 is 0 Å². The predicted octanol–water partition coefficient (Wildman–Crippen LogP) is 2.46. The van der Waals surface area contributed by atoms with Crippen molar-refractivity contribution in [3.63, 3.8) is 0 Å². The van der Waals surface area contributed by atoms with E-state index >= 15 is 0 Å². The van der Waals surface area contributed by atoms with Gasteiger partial charge in [0.2, 0.25) is 0 Å². The Hall–Kier alpha value is -2.82. The van der Waals surface area contributed by atoms with Crippen LogP contribution in [0.1, 0.15) is 5.69 Å². The summed E-state index contributed by atoms with van der Waals surface area (Å²) in [5.74, 6) is 0.635. The number of aromatic nitrogens is 4. The van der Waals surface area contributed by atoms with Gasteiger partial charge >= 0.3 is 0 Å². The highest BCUT2D eigenvalue weighted by molar-refractivity contribution is 5.94. The van der Waals surface area contributed by atoms with E-state index in [4.69, 9.17) is 0 Å². The average molecular weight is 264 g/mol. The molecule has 1 aromatic carbocycles. The van der Waals surface area contributed by atoms with Gasteiger partial charge in [-0.2, -0.15) is 0 Å². The first-order chi connectivity index (χ1) is 9.74. The lowest BCUT2D eigenvalue weighted by Gasteiger charge is -2.05. The van der Waals surface area contributed by atoms with E-state index in [1.807, 2.05) is 24.4 Å². The second-order valence-corrected chi connectivity index (χ2v) is 4.81. The molecule has 2 aliphatic rings. The van der Waals surface area contributed by atoms with Crippen molar-refractivity contribution in [1.82, 2.24) is 19.5 Å². The summed E-state index contributed by atoms with van der Waals surface area (Å²) in [6.07, 6.45) is 5.50. The molecule has 0 bridgehead atoms. The number of imidazole rings is 1. The van der Waals surface area contributed by atoms with Crippen LogP contribution in [-0.4, -0.2) is 19.5 Å². The number of nitrogens with zero attached hydrogens (tertiary/aromatic N) is 2. The van der Waals surface area contributed by atoms with Crippen LogP contribution in [0.25, 0.3) is 28.0 Å². The van der Waals surface area contributed by atoms with Crippen LogP contribution >= 0.6 is 0 Å². The Morgan fingerprint density at radius 2 is 2.00 bits per heavy atom. The minimum atomic E-state index is -0.0740. The standard InChI is InChI=1S/C15H12N4O/c1-9-15(20)19-8-13(17-7-14(19)18-9)11-6-16-12-5-3-2-4-10(11)12/h2-8,16-17H,1H3. The summed E-state index contributed by atoms with van der Waals surface area (Å²) < 4.78 is 1.57. The van der Waals surface area contributed by atoms with Crippen molar-refractivity contribution in [2.24, 2.45) is 0 Å². The number of nitrogens with one attached hydrogen (secondary N) is 2. The highest BCUT2D eigenvalue weighted by Crippen LogP contribution is 2.27. The fourth-order valence-corrected chi connectivity index (χ4v) is 2.53. The van der Waals surface area contributed by atoms with Crippen molar-refractivity contribution in [3.05, 3.63) is 58.9 Å². The van der Waals surface area contributed by atoms with Gasteiger partial charge in [0.25, 0.3) is 5.56 Å². The Morgan fingerprint density at radius 3 is 2.90 bits per heavy atom. The first kappa shape index (κ1) is 11.0. The van der Waals surface area contributed by atoms with Crippen molar-refractivity contribution in [1.29, 1.82) is 0 Å². The minimum absolute atomic E-state index is 0.0740. The molecule has 2 aliphatic heterocycles. The highest BCUT2D eigenvalue weighted by Gasteiger charge is 2.13. The topological polar surface area (TPSA) is 66.5 Å². The molecule has 0 saturated carbocycles. The Labute approximate surface area is 114 Å². The van der Waals surface area contributed by atoms with Gasteiger partial charge in [-0.15, -0.1) is 0 Å². The molecule has 5 nitrogen and oxygen atoms in total. The molecule has 0 saturated heterocycles. The zero-order chi connectivity index (χ0) is 13.7. The lowest BCUT2D eigenvalue weighted by Crippen LogP contribution is -2.13. The highest BCUT2D eigenvalue weighted by atomic mass is 16.1. The van der Waals surface area contributed by atoms with Gasteiger partial charge in [-0.25, -0.2) is 4.98 Å². The van der Waals surface area contributed by atoms with E-state index in [1.54, 1.807) is 23.9 Å². The maximum absolute atomic E-state index is 12.0. The summed E-state index contributed by atoms with van der Waals surface area (Å²) in [6, 6.07) is 8.07. The summed E-state index contributed by atoms with van der Waals surface area (Å²) in [7, 11) is 0. The van der Waals surface area contributed by atoms with Crippen LogP contribution in [0.15, 0.2) is 47.7 Å². The third kappa shape index (κ3) is 1.43. The van der Waals surface area contributed by atoms with E-state index in [9.17, 15) is 4.79 Å². The molecule has 0 radical (unpaired) electrons. The predicted molar refractivity (Wildman–Crippen MR) is 77.4 cm³/mol. The third-order valence-electron chi connectivity index (χ3n) is 3.55. The summed E-state index contributed by atoms with van der Waals surface area (Å²) >= 11 is 0. The van der Waals surface area contributed by atoms with Crippen molar-refractivity contribution in [2.45, 2.75) is 6.92 Å². The molecule has 3 heterocycles. The molecule has 0 aliphatic carbocycles. The lowest BCUT2D eigenvalue weighted by atomic mass is 10.1. The van der Waals surface area contributed by atoms with E-state index in [1.165, 1.54) is 0 Å². The zero-order valence-electron chi connectivity index (χ0n) is 10.8. The lowest BCUT2D eigenvalue weighted by molar-refractivity contribution is 0.973. The number of H-pyrrole nitrogens is 2. The van der Waals surface area contributed by atoms with E-state index in [2.05, 4.69) is 21.0 Å². The van der Waals surface area contributed by atoms with Gasteiger partial charge in [-0.05, 0) is 13.0 Å². The van der Waals surface area contributed by atoms with Gasteiger partial charge in [0.15, 0.2) is 5.82 Å². The molecular formula is C15H12N4O. The first-order valence-electron chi connectivity index (χ1n) is 6.38. The molecule has 0 spiro atoms. The number of aromatic amines is 2. The molecule has 0 atom stereocenters. The second-order valence-electron chi connectivity index (χ2n) is 4.81. The van der Waals surface area contributed by atoms with Crippen LogP contribution in [-0.2, 0) is 0 Å². The summed E-state index contributed by atoms with van der Waals surface area (Å²) in [4.78, 5) is 22.6. The van der Waals surface area contributed by atoms with Crippen LogP contribution in [0.2, 0.25) is 0 Å². The maximum atomic E-state index is 12.0. The molecule has 1 aromatic heterocycles.